The molecule has 26 heavy (non-hydrogen) atoms. The molecule has 136 valence electrons. The number of rotatable bonds is 3. The van der Waals surface area contributed by atoms with Gasteiger partial charge in [0.2, 0.25) is 10.0 Å². The van der Waals surface area contributed by atoms with Crippen molar-refractivity contribution in [3.63, 3.8) is 0 Å². The average Bonchev–Trinajstić information content (AvgIpc) is 3.05. The number of hydrogen-bond acceptors (Lipinski definition) is 3. The van der Waals surface area contributed by atoms with Crippen LogP contribution in [-0.2, 0) is 10.0 Å². The molecule has 2 aromatic carbocycles. The SMILES string of the molecule is CS(=O)(=O)N1CCC(c2ccc3c(cnn3-c3ccc(F)cc3)c2)CC1. The van der Waals surface area contributed by atoms with Crippen molar-refractivity contribution in [1.29, 1.82) is 0 Å². The van der Waals surface area contributed by atoms with Gasteiger partial charge >= 0.3 is 0 Å². The second-order valence-corrected chi connectivity index (χ2v) is 8.77. The van der Waals surface area contributed by atoms with Crippen molar-refractivity contribution >= 4 is 20.9 Å². The van der Waals surface area contributed by atoms with E-state index >= 15 is 0 Å². The van der Waals surface area contributed by atoms with Gasteiger partial charge in [-0.25, -0.2) is 21.8 Å². The Hall–Kier alpha value is -2.25. The Morgan fingerprint density at radius 1 is 1.08 bits per heavy atom. The molecule has 1 aliphatic heterocycles. The molecule has 0 amide bonds. The summed E-state index contributed by atoms with van der Waals surface area (Å²) in [5, 5.41) is 5.46. The van der Waals surface area contributed by atoms with Gasteiger partial charge < -0.3 is 0 Å². The predicted molar refractivity (Wildman–Crippen MR) is 99.4 cm³/mol. The van der Waals surface area contributed by atoms with Crippen LogP contribution in [0.2, 0.25) is 0 Å². The van der Waals surface area contributed by atoms with Gasteiger partial charge in [-0.3, -0.25) is 0 Å². The third kappa shape index (κ3) is 3.24. The van der Waals surface area contributed by atoms with Gasteiger partial charge in [0.25, 0.3) is 0 Å². The van der Waals surface area contributed by atoms with Crippen LogP contribution in [0.3, 0.4) is 0 Å². The summed E-state index contributed by atoms with van der Waals surface area (Å²) in [4.78, 5) is 0. The summed E-state index contributed by atoms with van der Waals surface area (Å²) in [5.41, 5.74) is 2.99. The number of nitrogens with zero attached hydrogens (tertiary/aromatic N) is 3. The van der Waals surface area contributed by atoms with Crippen molar-refractivity contribution in [2.75, 3.05) is 19.3 Å². The minimum atomic E-state index is -3.10. The van der Waals surface area contributed by atoms with Gasteiger partial charge in [-0.1, -0.05) is 6.07 Å². The first kappa shape index (κ1) is 17.2. The first-order valence-electron chi connectivity index (χ1n) is 8.60. The summed E-state index contributed by atoms with van der Waals surface area (Å²) >= 11 is 0. The molecular weight excluding hydrogens is 353 g/mol. The van der Waals surface area contributed by atoms with E-state index in [0.29, 0.717) is 19.0 Å². The summed E-state index contributed by atoms with van der Waals surface area (Å²) in [6, 6.07) is 12.5. The lowest BCUT2D eigenvalue weighted by Gasteiger charge is -2.30. The molecule has 3 aromatic rings. The van der Waals surface area contributed by atoms with Gasteiger partial charge in [0.05, 0.1) is 23.7 Å². The molecule has 5 nitrogen and oxygen atoms in total. The number of hydrogen-bond donors (Lipinski definition) is 0. The van der Waals surface area contributed by atoms with E-state index in [4.69, 9.17) is 0 Å². The molecule has 0 spiro atoms. The highest BCUT2D eigenvalue weighted by Gasteiger charge is 2.26. The Kier molecular flexibility index (Phi) is 4.28. The molecule has 0 radical (unpaired) electrons. The lowest BCUT2D eigenvalue weighted by Crippen LogP contribution is -2.37. The van der Waals surface area contributed by atoms with E-state index in [-0.39, 0.29) is 5.82 Å². The van der Waals surface area contributed by atoms with Gasteiger partial charge in [-0.05, 0) is 60.7 Å². The largest absolute Gasteiger partial charge is 0.233 e. The number of piperidine rings is 1. The van der Waals surface area contributed by atoms with E-state index in [0.717, 1.165) is 29.4 Å². The Morgan fingerprint density at radius 3 is 2.42 bits per heavy atom. The molecule has 0 unspecified atom stereocenters. The van der Waals surface area contributed by atoms with Gasteiger partial charge in [0, 0.05) is 18.5 Å². The van der Waals surface area contributed by atoms with Gasteiger partial charge in [-0.2, -0.15) is 5.10 Å². The summed E-state index contributed by atoms with van der Waals surface area (Å²) in [6.07, 6.45) is 4.73. The fraction of sp³-hybridized carbons (Fsp3) is 0.316. The van der Waals surface area contributed by atoms with E-state index in [9.17, 15) is 12.8 Å². The zero-order valence-electron chi connectivity index (χ0n) is 14.5. The summed E-state index contributed by atoms with van der Waals surface area (Å²) in [7, 11) is -3.10. The number of sulfonamides is 1. The van der Waals surface area contributed by atoms with Crippen molar-refractivity contribution in [3.05, 3.63) is 60.0 Å². The van der Waals surface area contributed by atoms with Gasteiger partial charge in [0.1, 0.15) is 5.82 Å². The minimum Gasteiger partial charge on any atom is -0.233 e. The van der Waals surface area contributed by atoms with E-state index in [1.54, 1.807) is 21.1 Å². The minimum absolute atomic E-state index is 0.270. The van der Waals surface area contributed by atoms with E-state index in [1.807, 2.05) is 12.3 Å². The molecule has 1 fully saturated rings. The second-order valence-electron chi connectivity index (χ2n) is 6.79. The van der Waals surface area contributed by atoms with Crippen LogP contribution in [0.1, 0.15) is 24.3 Å². The molecule has 1 aromatic heterocycles. The second kappa shape index (κ2) is 6.48. The lowest BCUT2D eigenvalue weighted by molar-refractivity contribution is 0.321. The van der Waals surface area contributed by atoms with Crippen LogP contribution in [0.25, 0.3) is 16.6 Å². The van der Waals surface area contributed by atoms with Crippen LogP contribution in [0.4, 0.5) is 4.39 Å². The molecule has 0 saturated carbocycles. The Morgan fingerprint density at radius 2 is 1.77 bits per heavy atom. The fourth-order valence-corrected chi connectivity index (χ4v) is 4.49. The number of benzene rings is 2. The highest BCUT2D eigenvalue weighted by atomic mass is 32.2. The van der Waals surface area contributed by atoms with Crippen molar-refractivity contribution in [2.24, 2.45) is 0 Å². The Labute approximate surface area is 152 Å². The summed E-state index contributed by atoms with van der Waals surface area (Å²) in [5.74, 6) is 0.0829. The maximum Gasteiger partial charge on any atom is 0.211 e. The van der Waals surface area contributed by atoms with Gasteiger partial charge in [-0.15, -0.1) is 0 Å². The molecule has 0 bridgehead atoms. The fourth-order valence-electron chi connectivity index (χ4n) is 3.61. The summed E-state index contributed by atoms with van der Waals surface area (Å²) in [6.45, 7) is 1.13. The lowest BCUT2D eigenvalue weighted by atomic mass is 9.90. The monoisotopic (exact) mass is 373 g/mol. The molecule has 0 N–H and O–H groups in total. The van der Waals surface area contributed by atoms with Crippen LogP contribution >= 0.6 is 0 Å². The van der Waals surface area contributed by atoms with Crippen LogP contribution in [0.15, 0.2) is 48.7 Å². The average molecular weight is 373 g/mol. The maximum atomic E-state index is 13.1. The Bertz CT molecular complexity index is 1040. The predicted octanol–water partition coefficient (Wildman–Crippen LogP) is 3.30. The third-order valence-electron chi connectivity index (χ3n) is 5.06. The quantitative estimate of drug-likeness (QED) is 0.708. The Balaban J connectivity index is 1.59. The van der Waals surface area contributed by atoms with Crippen molar-refractivity contribution in [1.82, 2.24) is 14.1 Å². The van der Waals surface area contributed by atoms with Crippen LogP contribution in [-0.4, -0.2) is 41.8 Å². The highest BCUT2D eigenvalue weighted by molar-refractivity contribution is 7.88. The molecular formula is C19H20FN3O2S. The molecule has 7 heteroatoms. The smallest absolute Gasteiger partial charge is 0.211 e. The molecule has 0 atom stereocenters. The van der Waals surface area contributed by atoms with E-state index in [2.05, 4.69) is 17.2 Å². The van der Waals surface area contributed by atoms with Crippen molar-refractivity contribution in [3.8, 4) is 5.69 Å². The number of aromatic nitrogens is 2. The topological polar surface area (TPSA) is 55.2 Å². The molecule has 0 aliphatic carbocycles. The van der Waals surface area contributed by atoms with Crippen LogP contribution < -0.4 is 0 Å². The first-order valence-corrected chi connectivity index (χ1v) is 10.5. The molecule has 4 rings (SSSR count). The first-order chi connectivity index (χ1) is 12.4. The van der Waals surface area contributed by atoms with Crippen molar-refractivity contribution < 1.29 is 12.8 Å². The zero-order chi connectivity index (χ0) is 18.3. The van der Waals surface area contributed by atoms with E-state index in [1.165, 1.54) is 24.0 Å². The highest BCUT2D eigenvalue weighted by Crippen LogP contribution is 2.31. The van der Waals surface area contributed by atoms with E-state index < -0.39 is 10.0 Å². The zero-order valence-corrected chi connectivity index (χ0v) is 15.3. The van der Waals surface area contributed by atoms with Crippen LogP contribution in [0, 0.1) is 5.82 Å². The molecule has 2 heterocycles. The van der Waals surface area contributed by atoms with Gasteiger partial charge in [0.15, 0.2) is 0 Å². The maximum absolute atomic E-state index is 13.1. The normalized spacial score (nSPS) is 17.0. The number of fused-ring (bicyclic) bond motifs is 1. The standard InChI is InChI=1S/C19H20FN3O2S/c1-26(24,25)22-10-8-14(9-11-22)15-2-7-19-16(12-15)13-21-23(19)18-5-3-17(20)4-6-18/h2-7,12-14H,8-11H2,1H3. The third-order valence-corrected chi connectivity index (χ3v) is 6.36. The van der Waals surface area contributed by atoms with Crippen molar-refractivity contribution in [2.45, 2.75) is 18.8 Å². The number of halogens is 1. The molecule has 1 saturated heterocycles. The van der Waals surface area contributed by atoms with Crippen LogP contribution in [0.5, 0.6) is 0 Å². The summed E-state index contributed by atoms with van der Waals surface area (Å²) < 4.78 is 39.8. The molecule has 1 aliphatic rings.